The molecule has 0 aliphatic carbocycles. The minimum Gasteiger partial charge on any atom is -0.379 e. The molecule has 120 valence electrons. The molecular formula is C16H33NO2S. The fraction of sp³-hybridized carbons (Fsp3) is 1.00. The highest BCUT2D eigenvalue weighted by Crippen LogP contribution is 2.15. The lowest BCUT2D eigenvalue weighted by Gasteiger charge is -2.28. The smallest absolute Gasteiger partial charge is 0.0995 e. The molecule has 1 rings (SSSR count). The van der Waals surface area contributed by atoms with Crippen molar-refractivity contribution in [3.8, 4) is 0 Å². The minimum absolute atomic E-state index is 0.436. The standard InChI is InChI=1S/C16H33NO2S/c1-3-5-7-8-16(14-20-13-6-4-2)19-15-17-9-11-18-12-10-17/h16H,3-15H2,1-2H3. The lowest BCUT2D eigenvalue weighted by molar-refractivity contribution is -0.0566. The second kappa shape index (κ2) is 12.9. The summed E-state index contributed by atoms with van der Waals surface area (Å²) in [4.78, 5) is 2.37. The molecule has 1 aliphatic heterocycles. The molecule has 4 heteroatoms. The maximum Gasteiger partial charge on any atom is 0.0995 e. The Morgan fingerprint density at radius 1 is 1.10 bits per heavy atom. The van der Waals surface area contributed by atoms with Crippen LogP contribution in [0.5, 0.6) is 0 Å². The minimum atomic E-state index is 0.436. The molecule has 1 heterocycles. The summed E-state index contributed by atoms with van der Waals surface area (Å²) < 4.78 is 11.5. The number of nitrogens with zero attached hydrogens (tertiary/aromatic N) is 1. The number of morpholine rings is 1. The molecule has 0 aromatic rings. The van der Waals surface area contributed by atoms with Gasteiger partial charge in [-0.3, -0.25) is 4.90 Å². The van der Waals surface area contributed by atoms with E-state index in [9.17, 15) is 0 Å². The molecule has 3 nitrogen and oxygen atoms in total. The summed E-state index contributed by atoms with van der Waals surface area (Å²) in [5.41, 5.74) is 0. The fourth-order valence-corrected chi connectivity index (χ4v) is 3.42. The molecule has 20 heavy (non-hydrogen) atoms. The average molecular weight is 304 g/mol. The molecule has 0 aromatic heterocycles. The Hall–Kier alpha value is 0.230. The Balaban J connectivity index is 2.17. The molecule has 1 atom stereocenters. The van der Waals surface area contributed by atoms with Crippen molar-refractivity contribution in [2.75, 3.05) is 44.5 Å². The largest absolute Gasteiger partial charge is 0.379 e. The van der Waals surface area contributed by atoms with Crippen LogP contribution in [0.4, 0.5) is 0 Å². The first-order chi connectivity index (χ1) is 9.86. The van der Waals surface area contributed by atoms with Crippen molar-refractivity contribution in [1.29, 1.82) is 0 Å². The van der Waals surface area contributed by atoms with Gasteiger partial charge in [-0.1, -0.05) is 39.5 Å². The van der Waals surface area contributed by atoms with Crippen LogP contribution in [0.3, 0.4) is 0 Å². The van der Waals surface area contributed by atoms with Crippen LogP contribution in [0.25, 0.3) is 0 Å². The van der Waals surface area contributed by atoms with E-state index in [1.807, 2.05) is 0 Å². The quantitative estimate of drug-likeness (QED) is 0.512. The fourth-order valence-electron chi connectivity index (χ4n) is 2.24. The Bertz CT molecular complexity index is 211. The third kappa shape index (κ3) is 9.22. The second-order valence-electron chi connectivity index (χ2n) is 5.57. The van der Waals surface area contributed by atoms with Gasteiger partial charge in [-0.25, -0.2) is 0 Å². The second-order valence-corrected chi connectivity index (χ2v) is 6.72. The van der Waals surface area contributed by atoms with Gasteiger partial charge in [0.1, 0.15) is 0 Å². The monoisotopic (exact) mass is 303 g/mol. The molecule has 0 amide bonds. The highest BCUT2D eigenvalue weighted by atomic mass is 32.2. The van der Waals surface area contributed by atoms with E-state index in [4.69, 9.17) is 9.47 Å². The third-order valence-corrected chi connectivity index (χ3v) is 4.86. The molecular weight excluding hydrogens is 270 g/mol. The number of hydrogen-bond acceptors (Lipinski definition) is 4. The Labute approximate surface area is 129 Å². The van der Waals surface area contributed by atoms with Gasteiger partial charge in [-0.05, 0) is 18.6 Å². The predicted octanol–water partition coefficient (Wildman–Crippen LogP) is 3.77. The van der Waals surface area contributed by atoms with Gasteiger partial charge in [-0.2, -0.15) is 11.8 Å². The zero-order valence-corrected chi connectivity index (χ0v) is 14.3. The van der Waals surface area contributed by atoms with E-state index in [1.54, 1.807) is 0 Å². The first-order valence-corrected chi connectivity index (χ1v) is 9.51. The van der Waals surface area contributed by atoms with Crippen molar-refractivity contribution in [2.24, 2.45) is 0 Å². The third-order valence-electron chi connectivity index (χ3n) is 3.67. The maximum absolute atomic E-state index is 6.16. The van der Waals surface area contributed by atoms with Gasteiger partial charge in [0.25, 0.3) is 0 Å². The molecule has 1 unspecified atom stereocenters. The van der Waals surface area contributed by atoms with Crippen LogP contribution in [-0.4, -0.2) is 55.5 Å². The number of unbranched alkanes of at least 4 members (excludes halogenated alkanes) is 3. The SMILES string of the molecule is CCCCCC(CSCCCC)OCN1CCOCC1. The van der Waals surface area contributed by atoms with E-state index >= 15 is 0 Å². The maximum atomic E-state index is 6.16. The van der Waals surface area contributed by atoms with E-state index in [0.717, 1.165) is 38.8 Å². The Morgan fingerprint density at radius 2 is 1.85 bits per heavy atom. The Kier molecular flexibility index (Phi) is 11.8. The lowest BCUT2D eigenvalue weighted by atomic mass is 10.1. The van der Waals surface area contributed by atoms with Crippen molar-refractivity contribution in [1.82, 2.24) is 4.90 Å². The van der Waals surface area contributed by atoms with E-state index in [-0.39, 0.29) is 0 Å². The molecule has 0 spiro atoms. The molecule has 0 radical (unpaired) electrons. The van der Waals surface area contributed by atoms with E-state index in [2.05, 4.69) is 30.5 Å². The summed E-state index contributed by atoms with van der Waals surface area (Å²) in [6.07, 6.45) is 8.20. The summed E-state index contributed by atoms with van der Waals surface area (Å²) in [6, 6.07) is 0. The highest BCUT2D eigenvalue weighted by molar-refractivity contribution is 7.99. The molecule has 1 saturated heterocycles. The zero-order valence-electron chi connectivity index (χ0n) is 13.4. The first-order valence-electron chi connectivity index (χ1n) is 8.36. The zero-order chi connectivity index (χ0) is 14.5. The number of thioether (sulfide) groups is 1. The Morgan fingerprint density at radius 3 is 2.55 bits per heavy atom. The number of hydrogen-bond donors (Lipinski definition) is 0. The number of ether oxygens (including phenoxy) is 2. The van der Waals surface area contributed by atoms with Crippen LogP contribution in [0.15, 0.2) is 0 Å². The first kappa shape index (κ1) is 18.3. The van der Waals surface area contributed by atoms with Crippen molar-refractivity contribution >= 4 is 11.8 Å². The summed E-state index contributed by atoms with van der Waals surface area (Å²) in [5, 5.41) is 0. The van der Waals surface area contributed by atoms with Crippen molar-refractivity contribution in [3.05, 3.63) is 0 Å². The van der Waals surface area contributed by atoms with E-state index in [1.165, 1.54) is 44.3 Å². The summed E-state index contributed by atoms with van der Waals surface area (Å²) in [7, 11) is 0. The summed E-state index contributed by atoms with van der Waals surface area (Å²) in [5.74, 6) is 2.44. The molecule has 1 fully saturated rings. The normalized spacial score (nSPS) is 18.3. The van der Waals surface area contributed by atoms with Crippen molar-refractivity contribution < 1.29 is 9.47 Å². The molecule has 1 aliphatic rings. The van der Waals surface area contributed by atoms with Gasteiger partial charge in [0.15, 0.2) is 0 Å². The topological polar surface area (TPSA) is 21.7 Å². The average Bonchev–Trinajstić information content (AvgIpc) is 2.49. The van der Waals surface area contributed by atoms with Gasteiger partial charge in [0, 0.05) is 18.8 Å². The van der Waals surface area contributed by atoms with Crippen LogP contribution in [-0.2, 0) is 9.47 Å². The molecule has 0 saturated carbocycles. The predicted molar refractivity (Wildman–Crippen MR) is 88.5 cm³/mol. The molecule has 0 bridgehead atoms. The van der Waals surface area contributed by atoms with Gasteiger partial charge in [0.05, 0.1) is 26.0 Å². The van der Waals surface area contributed by atoms with Gasteiger partial charge < -0.3 is 9.47 Å². The van der Waals surface area contributed by atoms with E-state index in [0.29, 0.717) is 6.10 Å². The van der Waals surface area contributed by atoms with Crippen LogP contribution < -0.4 is 0 Å². The summed E-state index contributed by atoms with van der Waals surface area (Å²) >= 11 is 2.06. The van der Waals surface area contributed by atoms with Crippen molar-refractivity contribution in [2.45, 2.75) is 58.5 Å². The lowest BCUT2D eigenvalue weighted by Crippen LogP contribution is -2.39. The van der Waals surface area contributed by atoms with E-state index < -0.39 is 0 Å². The van der Waals surface area contributed by atoms with Crippen LogP contribution in [0, 0.1) is 0 Å². The molecule has 0 aromatic carbocycles. The summed E-state index contributed by atoms with van der Waals surface area (Å²) in [6.45, 7) is 9.06. The molecule has 0 N–H and O–H groups in total. The van der Waals surface area contributed by atoms with Gasteiger partial charge in [-0.15, -0.1) is 0 Å². The van der Waals surface area contributed by atoms with Gasteiger partial charge in [0.2, 0.25) is 0 Å². The van der Waals surface area contributed by atoms with Crippen LogP contribution >= 0.6 is 11.8 Å². The number of rotatable bonds is 12. The highest BCUT2D eigenvalue weighted by Gasteiger charge is 2.14. The van der Waals surface area contributed by atoms with Gasteiger partial charge >= 0.3 is 0 Å². The van der Waals surface area contributed by atoms with Crippen molar-refractivity contribution in [3.63, 3.8) is 0 Å². The van der Waals surface area contributed by atoms with Crippen LogP contribution in [0.1, 0.15) is 52.4 Å². The van der Waals surface area contributed by atoms with Crippen LogP contribution in [0.2, 0.25) is 0 Å².